The fourth-order valence-electron chi connectivity index (χ4n) is 2.38. The Hall–Kier alpha value is -2.71. The smallest absolute Gasteiger partial charge is 0.159 e. The predicted octanol–water partition coefficient (Wildman–Crippen LogP) is 4.98. The van der Waals surface area contributed by atoms with E-state index in [1.165, 1.54) is 13.4 Å². The summed E-state index contributed by atoms with van der Waals surface area (Å²) in [4.78, 5) is 8.43. The molecule has 27 heavy (non-hydrogen) atoms. The van der Waals surface area contributed by atoms with Crippen LogP contribution in [0.2, 0.25) is 5.02 Å². The first-order valence-electron chi connectivity index (χ1n) is 7.83. The predicted molar refractivity (Wildman–Crippen MR) is 112 cm³/mol. The largest absolute Gasteiger partial charge is 0.495 e. The number of nitrogens with two attached hydrogens (primary N) is 1. The molecule has 0 spiro atoms. The van der Waals surface area contributed by atoms with Crippen LogP contribution in [0.25, 0.3) is 0 Å². The summed E-state index contributed by atoms with van der Waals surface area (Å²) in [5.74, 6) is 1.94. The number of nitrogen functional groups attached to an aromatic ring is 1. The van der Waals surface area contributed by atoms with Crippen LogP contribution >= 0.6 is 27.5 Å². The average molecular weight is 451 g/mol. The molecule has 3 rings (SSSR count). The monoisotopic (exact) mass is 449 g/mol. The summed E-state index contributed by atoms with van der Waals surface area (Å²) in [7, 11) is 3.09. The third kappa shape index (κ3) is 4.35. The summed E-state index contributed by atoms with van der Waals surface area (Å²) in [6, 6.07) is 11.0. The maximum atomic E-state index is 6.24. The molecule has 0 aliphatic carbocycles. The number of nitrogens with one attached hydrogen (secondary N) is 2. The van der Waals surface area contributed by atoms with Crippen LogP contribution in [-0.4, -0.2) is 24.2 Å². The highest BCUT2D eigenvalue weighted by atomic mass is 79.9. The molecule has 0 aliphatic heterocycles. The van der Waals surface area contributed by atoms with Gasteiger partial charge >= 0.3 is 0 Å². The van der Waals surface area contributed by atoms with Gasteiger partial charge in [0.2, 0.25) is 0 Å². The third-order valence-electron chi connectivity index (χ3n) is 3.70. The first-order valence-corrected chi connectivity index (χ1v) is 9.00. The Balaban J connectivity index is 1.91. The van der Waals surface area contributed by atoms with Gasteiger partial charge in [0.1, 0.15) is 23.5 Å². The SMILES string of the molecule is COc1cc(OC)c(Nc2ncnc(Nc3cccc(Br)c3)c2N)cc1Cl. The van der Waals surface area contributed by atoms with Crippen molar-refractivity contribution in [2.45, 2.75) is 0 Å². The van der Waals surface area contributed by atoms with Gasteiger partial charge in [-0.2, -0.15) is 0 Å². The third-order valence-corrected chi connectivity index (χ3v) is 4.49. The fraction of sp³-hybridized carbons (Fsp3) is 0.111. The second kappa shape index (κ2) is 8.32. The van der Waals surface area contributed by atoms with Crippen molar-refractivity contribution in [2.24, 2.45) is 0 Å². The molecule has 140 valence electrons. The quantitative estimate of drug-likeness (QED) is 0.487. The van der Waals surface area contributed by atoms with Crippen LogP contribution in [-0.2, 0) is 0 Å². The minimum atomic E-state index is 0.353. The molecule has 0 atom stereocenters. The molecule has 0 saturated heterocycles. The Bertz CT molecular complexity index is 970. The number of nitrogens with zero attached hydrogens (tertiary/aromatic N) is 2. The van der Waals surface area contributed by atoms with E-state index in [-0.39, 0.29) is 0 Å². The van der Waals surface area contributed by atoms with Gasteiger partial charge in [-0.05, 0) is 24.3 Å². The molecular weight excluding hydrogens is 434 g/mol. The summed E-state index contributed by atoms with van der Waals surface area (Å²) in [5.41, 5.74) is 8.03. The summed E-state index contributed by atoms with van der Waals surface area (Å²) >= 11 is 9.65. The molecular formula is C18H17BrClN5O2. The lowest BCUT2D eigenvalue weighted by Crippen LogP contribution is -2.06. The van der Waals surface area contributed by atoms with Crippen molar-refractivity contribution in [2.75, 3.05) is 30.6 Å². The molecule has 2 aromatic carbocycles. The van der Waals surface area contributed by atoms with Gasteiger partial charge in [-0.3, -0.25) is 0 Å². The van der Waals surface area contributed by atoms with Gasteiger partial charge < -0.3 is 25.8 Å². The minimum Gasteiger partial charge on any atom is -0.495 e. The van der Waals surface area contributed by atoms with E-state index in [1.54, 1.807) is 19.2 Å². The number of halogens is 2. The van der Waals surface area contributed by atoms with Crippen molar-refractivity contribution in [1.82, 2.24) is 9.97 Å². The Morgan fingerprint density at radius 2 is 1.70 bits per heavy atom. The van der Waals surface area contributed by atoms with Crippen LogP contribution in [0.5, 0.6) is 11.5 Å². The number of anilines is 5. The molecule has 9 heteroatoms. The Labute approximate surface area is 170 Å². The van der Waals surface area contributed by atoms with Crippen LogP contribution in [0.3, 0.4) is 0 Å². The molecule has 0 amide bonds. The number of hydrogen-bond acceptors (Lipinski definition) is 7. The van der Waals surface area contributed by atoms with Gasteiger partial charge in [0, 0.05) is 16.2 Å². The summed E-state index contributed by atoms with van der Waals surface area (Å²) < 4.78 is 11.5. The van der Waals surface area contributed by atoms with E-state index in [2.05, 4.69) is 36.5 Å². The zero-order valence-electron chi connectivity index (χ0n) is 14.6. The van der Waals surface area contributed by atoms with Crippen LogP contribution in [0.15, 0.2) is 47.2 Å². The average Bonchev–Trinajstić information content (AvgIpc) is 2.65. The van der Waals surface area contributed by atoms with Crippen molar-refractivity contribution < 1.29 is 9.47 Å². The van der Waals surface area contributed by atoms with E-state index in [0.29, 0.717) is 39.5 Å². The van der Waals surface area contributed by atoms with Crippen molar-refractivity contribution >= 4 is 56.2 Å². The first-order chi connectivity index (χ1) is 13.0. The van der Waals surface area contributed by atoms with E-state index in [9.17, 15) is 0 Å². The zero-order chi connectivity index (χ0) is 19.4. The molecule has 0 saturated carbocycles. The van der Waals surface area contributed by atoms with Crippen LogP contribution in [0, 0.1) is 0 Å². The summed E-state index contributed by atoms with van der Waals surface area (Å²) in [6.07, 6.45) is 1.41. The number of rotatable bonds is 6. The number of hydrogen-bond donors (Lipinski definition) is 3. The molecule has 3 aromatic rings. The minimum absolute atomic E-state index is 0.353. The molecule has 7 nitrogen and oxygen atoms in total. The van der Waals surface area contributed by atoms with E-state index >= 15 is 0 Å². The van der Waals surface area contributed by atoms with E-state index in [4.69, 9.17) is 26.8 Å². The molecule has 0 aliphatic rings. The lowest BCUT2D eigenvalue weighted by Gasteiger charge is -2.16. The molecule has 0 fully saturated rings. The van der Waals surface area contributed by atoms with Crippen molar-refractivity contribution in [3.05, 3.63) is 52.2 Å². The molecule has 1 heterocycles. The molecule has 1 aromatic heterocycles. The van der Waals surface area contributed by atoms with Crippen LogP contribution in [0.4, 0.5) is 28.7 Å². The van der Waals surface area contributed by atoms with Gasteiger partial charge in [-0.15, -0.1) is 0 Å². The van der Waals surface area contributed by atoms with Crippen molar-refractivity contribution in [1.29, 1.82) is 0 Å². The van der Waals surface area contributed by atoms with Crippen LogP contribution in [0.1, 0.15) is 0 Å². The number of aromatic nitrogens is 2. The maximum absolute atomic E-state index is 6.24. The maximum Gasteiger partial charge on any atom is 0.159 e. The Kier molecular flexibility index (Phi) is 5.88. The molecule has 0 radical (unpaired) electrons. The van der Waals surface area contributed by atoms with E-state index in [1.807, 2.05) is 24.3 Å². The fourth-order valence-corrected chi connectivity index (χ4v) is 3.02. The van der Waals surface area contributed by atoms with E-state index in [0.717, 1.165) is 10.2 Å². The second-order valence-electron chi connectivity index (χ2n) is 5.43. The highest BCUT2D eigenvalue weighted by Gasteiger charge is 2.14. The normalized spacial score (nSPS) is 10.4. The Morgan fingerprint density at radius 1 is 1.00 bits per heavy atom. The number of benzene rings is 2. The van der Waals surface area contributed by atoms with Gasteiger partial charge in [-0.25, -0.2) is 9.97 Å². The number of methoxy groups -OCH3 is 2. The first kappa shape index (κ1) is 19.1. The lowest BCUT2D eigenvalue weighted by atomic mass is 10.2. The molecule has 4 N–H and O–H groups in total. The standard InChI is InChI=1S/C18H17BrClN5O2/c1-26-14-8-15(27-2)13(7-12(14)20)25-18-16(21)17(22-9-23-18)24-11-5-3-4-10(19)6-11/h3-9H,21H2,1-2H3,(H2,22,23,24,25). The van der Waals surface area contributed by atoms with Crippen molar-refractivity contribution in [3.63, 3.8) is 0 Å². The number of ether oxygens (including phenoxy) is 2. The highest BCUT2D eigenvalue weighted by Crippen LogP contribution is 2.38. The lowest BCUT2D eigenvalue weighted by molar-refractivity contribution is 0.396. The molecule has 0 unspecified atom stereocenters. The van der Waals surface area contributed by atoms with Gasteiger partial charge in [0.05, 0.1) is 24.9 Å². The Morgan fingerprint density at radius 3 is 2.37 bits per heavy atom. The second-order valence-corrected chi connectivity index (χ2v) is 6.75. The zero-order valence-corrected chi connectivity index (χ0v) is 16.9. The van der Waals surface area contributed by atoms with Gasteiger partial charge in [-0.1, -0.05) is 33.6 Å². The van der Waals surface area contributed by atoms with Gasteiger partial charge in [0.15, 0.2) is 11.6 Å². The highest BCUT2D eigenvalue weighted by molar-refractivity contribution is 9.10. The van der Waals surface area contributed by atoms with Gasteiger partial charge in [0.25, 0.3) is 0 Å². The van der Waals surface area contributed by atoms with Crippen molar-refractivity contribution in [3.8, 4) is 11.5 Å². The van der Waals surface area contributed by atoms with Crippen LogP contribution < -0.4 is 25.8 Å². The topological polar surface area (TPSA) is 94.3 Å². The summed E-state index contributed by atoms with van der Waals surface area (Å²) in [6.45, 7) is 0. The summed E-state index contributed by atoms with van der Waals surface area (Å²) in [5, 5.41) is 6.74. The van der Waals surface area contributed by atoms with E-state index < -0.39 is 0 Å². The molecule has 0 bridgehead atoms.